The SMILES string of the molecule is CCNC(=NCCOCC)NCCc1ccc(I)s1. The quantitative estimate of drug-likeness (QED) is 0.308. The summed E-state index contributed by atoms with van der Waals surface area (Å²) in [5.74, 6) is 0.869. The molecule has 0 radical (unpaired) electrons. The van der Waals surface area contributed by atoms with Crippen LogP contribution in [0.3, 0.4) is 0 Å². The Bertz CT molecular complexity index is 382. The molecule has 0 aromatic carbocycles. The van der Waals surface area contributed by atoms with E-state index in [9.17, 15) is 0 Å². The average Bonchev–Trinajstić information content (AvgIpc) is 2.80. The van der Waals surface area contributed by atoms with Crippen LogP contribution in [0.1, 0.15) is 18.7 Å². The number of nitrogens with one attached hydrogen (secondary N) is 2. The van der Waals surface area contributed by atoms with E-state index in [-0.39, 0.29) is 0 Å². The van der Waals surface area contributed by atoms with Gasteiger partial charge in [0.1, 0.15) is 0 Å². The van der Waals surface area contributed by atoms with Crippen LogP contribution in [0.5, 0.6) is 0 Å². The summed E-state index contributed by atoms with van der Waals surface area (Å²) in [5.41, 5.74) is 0. The molecule has 4 nitrogen and oxygen atoms in total. The number of thiophene rings is 1. The Kier molecular flexibility index (Phi) is 9.19. The first-order valence-electron chi connectivity index (χ1n) is 6.60. The average molecular weight is 395 g/mol. The number of halogens is 1. The Morgan fingerprint density at radius 1 is 1.37 bits per heavy atom. The first kappa shape index (κ1) is 16.7. The Morgan fingerprint density at radius 2 is 2.21 bits per heavy atom. The van der Waals surface area contributed by atoms with Crippen molar-refractivity contribution in [1.82, 2.24) is 10.6 Å². The second-order valence-electron chi connectivity index (χ2n) is 3.84. The van der Waals surface area contributed by atoms with Gasteiger partial charge in [-0.2, -0.15) is 0 Å². The molecule has 0 aliphatic rings. The van der Waals surface area contributed by atoms with Gasteiger partial charge in [-0.15, -0.1) is 11.3 Å². The molecule has 1 heterocycles. The van der Waals surface area contributed by atoms with Crippen molar-refractivity contribution in [3.8, 4) is 0 Å². The van der Waals surface area contributed by atoms with Crippen molar-refractivity contribution in [3.63, 3.8) is 0 Å². The maximum Gasteiger partial charge on any atom is 0.191 e. The lowest BCUT2D eigenvalue weighted by Gasteiger charge is -2.10. The van der Waals surface area contributed by atoms with E-state index in [4.69, 9.17) is 4.74 Å². The van der Waals surface area contributed by atoms with Crippen LogP contribution in [0.15, 0.2) is 17.1 Å². The topological polar surface area (TPSA) is 45.7 Å². The number of hydrogen-bond donors (Lipinski definition) is 2. The second kappa shape index (κ2) is 10.4. The van der Waals surface area contributed by atoms with Gasteiger partial charge < -0.3 is 15.4 Å². The molecule has 0 unspecified atom stereocenters. The Morgan fingerprint density at radius 3 is 2.84 bits per heavy atom. The third kappa shape index (κ3) is 7.74. The molecule has 0 atom stereocenters. The van der Waals surface area contributed by atoms with Gasteiger partial charge in [0.05, 0.1) is 16.0 Å². The molecule has 0 bridgehead atoms. The predicted octanol–water partition coefficient (Wildman–Crippen LogP) is 2.49. The molecule has 1 rings (SSSR count). The molecular weight excluding hydrogens is 373 g/mol. The van der Waals surface area contributed by atoms with Crippen molar-refractivity contribution in [2.24, 2.45) is 4.99 Å². The first-order valence-corrected chi connectivity index (χ1v) is 8.50. The molecule has 0 saturated heterocycles. The summed E-state index contributed by atoms with van der Waals surface area (Å²) in [4.78, 5) is 5.86. The Hall–Kier alpha value is -0.340. The van der Waals surface area contributed by atoms with Gasteiger partial charge in [-0.05, 0) is 55.0 Å². The molecule has 1 aromatic rings. The fraction of sp³-hybridized carbons (Fsp3) is 0.615. The molecule has 0 fully saturated rings. The maximum absolute atomic E-state index is 5.28. The monoisotopic (exact) mass is 395 g/mol. The highest BCUT2D eigenvalue weighted by Gasteiger charge is 1.99. The van der Waals surface area contributed by atoms with Crippen molar-refractivity contribution >= 4 is 39.9 Å². The molecule has 0 saturated carbocycles. The molecule has 2 N–H and O–H groups in total. The summed E-state index contributed by atoms with van der Waals surface area (Å²) in [6, 6.07) is 4.34. The van der Waals surface area contributed by atoms with Crippen LogP contribution in [0.4, 0.5) is 0 Å². The lowest BCUT2D eigenvalue weighted by Crippen LogP contribution is -2.38. The van der Waals surface area contributed by atoms with Crippen LogP contribution < -0.4 is 10.6 Å². The fourth-order valence-corrected chi connectivity index (χ4v) is 3.25. The van der Waals surface area contributed by atoms with Gasteiger partial charge in [-0.3, -0.25) is 4.99 Å². The normalized spacial score (nSPS) is 11.6. The number of hydrogen-bond acceptors (Lipinski definition) is 3. The van der Waals surface area contributed by atoms with Gasteiger partial charge in [0.25, 0.3) is 0 Å². The van der Waals surface area contributed by atoms with E-state index in [0.717, 1.165) is 32.1 Å². The Balaban J connectivity index is 2.28. The van der Waals surface area contributed by atoms with Crippen LogP contribution in [-0.2, 0) is 11.2 Å². The van der Waals surface area contributed by atoms with Gasteiger partial charge in [0.2, 0.25) is 0 Å². The lowest BCUT2D eigenvalue weighted by atomic mass is 10.3. The van der Waals surface area contributed by atoms with Crippen molar-refractivity contribution in [2.75, 3.05) is 32.8 Å². The molecule has 0 aliphatic carbocycles. The molecule has 0 aliphatic heterocycles. The van der Waals surface area contributed by atoms with Gasteiger partial charge in [0, 0.05) is 24.6 Å². The van der Waals surface area contributed by atoms with E-state index in [1.807, 2.05) is 18.3 Å². The minimum absolute atomic E-state index is 0.677. The molecule has 6 heteroatoms. The second-order valence-corrected chi connectivity index (χ2v) is 6.90. The molecule has 19 heavy (non-hydrogen) atoms. The maximum atomic E-state index is 5.28. The number of guanidine groups is 1. The number of ether oxygens (including phenoxy) is 1. The van der Waals surface area contributed by atoms with Crippen LogP contribution in [-0.4, -0.2) is 38.8 Å². The third-order valence-electron chi connectivity index (χ3n) is 2.35. The molecule has 0 spiro atoms. The standard InChI is InChI=1S/C13H22IN3OS/c1-3-15-13(17-9-10-18-4-2)16-8-7-11-5-6-12(14)19-11/h5-6H,3-4,7-10H2,1-2H3,(H2,15,16,17). The van der Waals surface area contributed by atoms with Gasteiger partial charge >= 0.3 is 0 Å². The zero-order valence-corrected chi connectivity index (χ0v) is 14.5. The third-order valence-corrected chi connectivity index (χ3v) is 4.30. The molecule has 108 valence electrons. The number of rotatable bonds is 8. The lowest BCUT2D eigenvalue weighted by molar-refractivity contribution is 0.155. The summed E-state index contributed by atoms with van der Waals surface area (Å²) < 4.78 is 6.61. The smallest absolute Gasteiger partial charge is 0.191 e. The van der Waals surface area contributed by atoms with Crippen LogP contribution >= 0.6 is 33.9 Å². The summed E-state index contributed by atoms with van der Waals surface area (Å²) >= 11 is 4.20. The minimum atomic E-state index is 0.677. The van der Waals surface area contributed by atoms with E-state index >= 15 is 0 Å². The van der Waals surface area contributed by atoms with E-state index in [1.54, 1.807) is 0 Å². The zero-order valence-electron chi connectivity index (χ0n) is 11.5. The summed E-state index contributed by atoms with van der Waals surface area (Å²) in [7, 11) is 0. The van der Waals surface area contributed by atoms with Crippen molar-refractivity contribution in [1.29, 1.82) is 0 Å². The Labute approximate surface area is 133 Å². The number of nitrogens with zero attached hydrogens (tertiary/aromatic N) is 1. The van der Waals surface area contributed by atoms with Crippen LogP contribution in [0.2, 0.25) is 0 Å². The van der Waals surface area contributed by atoms with E-state index < -0.39 is 0 Å². The first-order chi connectivity index (χ1) is 9.26. The highest BCUT2D eigenvalue weighted by atomic mass is 127. The van der Waals surface area contributed by atoms with E-state index in [0.29, 0.717) is 13.2 Å². The highest BCUT2D eigenvalue weighted by Crippen LogP contribution is 2.18. The predicted molar refractivity (Wildman–Crippen MR) is 91.2 cm³/mol. The van der Waals surface area contributed by atoms with E-state index in [1.165, 1.54) is 7.76 Å². The van der Waals surface area contributed by atoms with E-state index in [2.05, 4.69) is 57.3 Å². The molecular formula is C13H22IN3OS. The van der Waals surface area contributed by atoms with Crippen LogP contribution in [0.25, 0.3) is 0 Å². The van der Waals surface area contributed by atoms with Crippen LogP contribution in [0, 0.1) is 2.88 Å². The fourth-order valence-electron chi connectivity index (χ4n) is 1.50. The summed E-state index contributed by atoms with van der Waals surface area (Å²) in [6.07, 6.45) is 1.03. The van der Waals surface area contributed by atoms with Gasteiger partial charge in [-0.1, -0.05) is 0 Å². The number of aliphatic imine (C=N–C) groups is 1. The zero-order chi connectivity index (χ0) is 13.9. The largest absolute Gasteiger partial charge is 0.380 e. The highest BCUT2D eigenvalue weighted by molar-refractivity contribution is 14.1. The minimum Gasteiger partial charge on any atom is -0.380 e. The van der Waals surface area contributed by atoms with Crippen molar-refractivity contribution in [2.45, 2.75) is 20.3 Å². The molecule has 1 aromatic heterocycles. The molecule has 0 amide bonds. The van der Waals surface area contributed by atoms with Gasteiger partial charge in [0.15, 0.2) is 5.96 Å². The summed E-state index contributed by atoms with van der Waals surface area (Å²) in [6.45, 7) is 7.96. The van der Waals surface area contributed by atoms with Crippen molar-refractivity contribution < 1.29 is 4.74 Å². The van der Waals surface area contributed by atoms with Gasteiger partial charge in [-0.25, -0.2) is 0 Å². The van der Waals surface area contributed by atoms with Crippen molar-refractivity contribution in [3.05, 3.63) is 19.9 Å². The summed E-state index contributed by atoms with van der Waals surface area (Å²) in [5, 5.41) is 6.58.